The van der Waals surface area contributed by atoms with Gasteiger partial charge in [0, 0.05) is 11.6 Å². The van der Waals surface area contributed by atoms with Crippen LogP contribution < -0.4 is 5.73 Å². The highest BCUT2D eigenvalue weighted by molar-refractivity contribution is 6.32. The van der Waals surface area contributed by atoms with Crippen LogP contribution in [0.3, 0.4) is 0 Å². The quantitative estimate of drug-likeness (QED) is 0.837. The molecule has 1 aliphatic rings. The van der Waals surface area contributed by atoms with Gasteiger partial charge >= 0.3 is 0 Å². The second kappa shape index (κ2) is 3.99. The third-order valence-corrected chi connectivity index (χ3v) is 3.07. The Bertz CT molecular complexity index is 379. The molecule has 1 fully saturated rings. The molecular weight excluding hydrogens is 217 g/mol. The van der Waals surface area contributed by atoms with Crippen LogP contribution in [-0.4, -0.2) is 5.11 Å². The molecule has 0 bridgehead atoms. The molecule has 0 saturated heterocycles. The second-order valence-corrected chi connectivity index (χ2v) is 4.48. The zero-order valence-corrected chi connectivity index (χ0v) is 8.97. The molecule has 82 valence electrons. The van der Waals surface area contributed by atoms with E-state index in [0.29, 0.717) is 12.3 Å². The molecule has 0 unspecified atom stereocenters. The van der Waals surface area contributed by atoms with E-state index in [0.717, 1.165) is 12.8 Å². The van der Waals surface area contributed by atoms with Crippen molar-refractivity contribution < 1.29 is 9.50 Å². The number of phenolic OH excluding ortho intramolecular Hbond substituents is 1. The molecule has 0 aromatic heterocycles. The summed E-state index contributed by atoms with van der Waals surface area (Å²) in [5, 5.41) is 9.78. The number of hydrogen-bond acceptors (Lipinski definition) is 2. The van der Waals surface area contributed by atoms with Crippen LogP contribution in [0.1, 0.15) is 30.9 Å². The average Bonchev–Trinajstić information content (AvgIpc) is 2.96. The lowest BCUT2D eigenvalue weighted by Gasteiger charge is -2.14. The van der Waals surface area contributed by atoms with Gasteiger partial charge in [-0.15, -0.1) is 0 Å². The molecule has 2 rings (SSSR count). The highest BCUT2D eigenvalue weighted by Gasteiger charge is 2.27. The highest BCUT2D eigenvalue weighted by Crippen LogP contribution is 2.40. The van der Waals surface area contributed by atoms with Gasteiger partial charge in [-0.25, -0.2) is 4.39 Å². The summed E-state index contributed by atoms with van der Waals surface area (Å²) >= 11 is 5.71. The fourth-order valence-electron chi connectivity index (χ4n) is 1.74. The van der Waals surface area contributed by atoms with Gasteiger partial charge in [-0.2, -0.15) is 0 Å². The number of rotatable bonds is 3. The van der Waals surface area contributed by atoms with Gasteiger partial charge in [0.05, 0.1) is 5.02 Å². The van der Waals surface area contributed by atoms with E-state index in [1.54, 1.807) is 0 Å². The van der Waals surface area contributed by atoms with Gasteiger partial charge in [0.1, 0.15) is 11.6 Å². The zero-order valence-electron chi connectivity index (χ0n) is 8.21. The molecule has 1 aromatic carbocycles. The number of benzene rings is 1. The van der Waals surface area contributed by atoms with E-state index >= 15 is 0 Å². The predicted molar refractivity (Wildman–Crippen MR) is 57.3 cm³/mol. The Balaban J connectivity index is 2.27. The smallest absolute Gasteiger partial charge is 0.141 e. The molecule has 0 heterocycles. The van der Waals surface area contributed by atoms with Crippen LogP contribution in [0.4, 0.5) is 4.39 Å². The van der Waals surface area contributed by atoms with Crippen molar-refractivity contribution in [2.75, 3.05) is 0 Å². The van der Waals surface area contributed by atoms with Crippen molar-refractivity contribution in [1.82, 2.24) is 0 Å². The summed E-state index contributed by atoms with van der Waals surface area (Å²) in [5.41, 5.74) is 6.00. The van der Waals surface area contributed by atoms with Crippen molar-refractivity contribution >= 4 is 11.6 Å². The van der Waals surface area contributed by atoms with E-state index in [4.69, 9.17) is 17.3 Å². The van der Waals surface area contributed by atoms with Crippen molar-refractivity contribution in [3.05, 3.63) is 28.5 Å². The van der Waals surface area contributed by atoms with Crippen LogP contribution in [0.25, 0.3) is 0 Å². The van der Waals surface area contributed by atoms with Gasteiger partial charge in [0.25, 0.3) is 0 Å². The van der Waals surface area contributed by atoms with Gasteiger partial charge in [-0.3, -0.25) is 0 Å². The van der Waals surface area contributed by atoms with E-state index in [1.807, 2.05) is 0 Å². The molecule has 1 saturated carbocycles. The molecule has 1 aromatic rings. The number of halogens is 2. The lowest BCUT2D eigenvalue weighted by Crippen LogP contribution is -2.13. The summed E-state index contributed by atoms with van der Waals surface area (Å²) in [7, 11) is 0. The number of aromatic hydroxyl groups is 1. The predicted octanol–water partition coefficient (Wildman–Crippen LogP) is 2.98. The van der Waals surface area contributed by atoms with E-state index in [-0.39, 0.29) is 16.3 Å². The minimum Gasteiger partial charge on any atom is -0.506 e. The molecule has 0 amide bonds. The fraction of sp³-hybridized carbons (Fsp3) is 0.455. The number of hydrogen-bond donors (Lipinski definition) is 2. The molecule has 3 N–H and O–H groups in total. The lowest BCUT2D eigenvalue weighted by molar-refractivity contribution is 0.441. The lowest BCUT2D eigenvalue weighted by atomic mass is 10.0. The van der Waals surface area contributed by atoms with Gasteiger partial charge < -0.3 is 10.8 Å². The van der Waals surface area contributed by atoms with Crippen molar-refractivity contribution in [2.45, 2.75) is 25.3 Å². The summed E-state index contributed by atoms with van der Waals surface area (Å²) in [6, 6.07) is 2.11. The third kappa shape index (κ3) is 2.24. The van der Waals surface area contributed by atoms with Crippen LogP contribution in [0.2, 0.25) is 5.02 Å². The SMILES string of the molecule is N[C@@H](CC1CC1)c1c(F)ccc(Cl)c1O. The molecular formula is C11H13ClFNO. The molecule has 4 heteroatoms. The zero-order chi connectivity index (χ0) is 11.0. The molecule has 1 atom stereocenters. The highest BCUT2D eigenvalue weighted by atomic mass is 35.5. The van der Waals surface area contributed by atoms with E-state index < -0.39 is 11.9 Å². The Morgan fingerprint density at radius 2 is 2.20 bits per heavy atom. The summed E-state index contributed by atoms with van der Waals surface area (Å²) < 4.78 is 13.5. The molecule has 1 aliphatic carbocycles. The van der Waals surface area contributed by atoms with Crippen molar-refractivity contribution in [2.24, 2.45) is 11.7 Å². The minimum absolute atomic E-state index is 0.148. The minimum atomic E-state index is -0.481. The first kappa shape index (κ1) is 10.7. The third-order valence-electron chi connectivity index (χ3n) is 2.77. The normalized spacial score (nSPS) is 17.8. The van der Waals surface area contributed by atoms with Gasteiger partial charge in [-0.1, -0.05) is 24.4 Å². The number of nitrogens with two attached hydrogens (primary N) is 1. The Hall–Kier alpha value is -0.800. The topological polar surface area (TPSA) is 46.2 Å². The first-order valence-electron chi connectivity index (χ1n) is 5.02. The molecule has 0 spiro atoms. The van der Waals surface area contributed by atoms with Crippen LogP contribution in [0, 0.1) is 11.7 Å². The van der Waals surface area contributed by atoms with Crippen LogP contribution in [0.5, 0.6) is 5.75 Å². The van der Waals surface area contributed by atoms with Gasteiger partial charge in [0.15, 0.2) is 0 Å². The Kier molecular flexibility index (Phi) is 2.85. The van der Waals surface area contributed by atoms with E-state index in [1.165, 1.54) is 12.1 Å². The monoisotopic (exact) mass is 229 g/mol. The first-order chi connectivity index (χ1) is 7.09. The maximum absolute atomic E-state index is 13.5. The molecule has 0 radical (unpaired) electrons. The summed E-state index contributed by atoms with van der Waals surface area (Å²) in [6.07, 6.45) is 3.01. The summed E-state index contributed by atoms with van der Waals surface area (Å²) in [4.78, 5) is 0. The van der Waals surface area contributed by atoms with E-state index in [2.05, 4.69) is 0 Å². The standard InChI is InChI=1S/C11H13ClFNO/c12-7-3-4-8(13)10(11(7)15)9(14)5-6-1-2-6/h3-4,6,9,15H,1-2,5,14H2/t9-/m0/s1. The Morgan fingerprint density at radius 3 is 2.80 bits per heavy atom. The van der Waals surface area contributed by atoms with Crippen molar-refractivity contribution in [1.29, 1.82) is 0 Å². The second-order valence-electron chi connectivity index (χ2n) is 4.08. The van der Waals surface area contributed by atoms with Gasteiger partial charge in [0.2, 0.25) is 0 Å². The average molecular weight is 230 g/mol. The van der Waals surface area contributed by atoms with E-state index in [9.17, 15) is 9.50 Å². The van der Waals surface area contributed by atoms with Crippen LogP contribution in [0.15, 0.2) is 12.1 Å². The first-order valence-corrected chi connectivity index (χ1v) is 5.40. The van der Waals surface area contributed by atoms with Crippen molar-refractivity contribution in [3.63, 3.8) is 0 Å². The molecule has 0 aliphatic heterocycles. The number of phenols is 1. The van der Waals surface area contributed by atoms with Crippen molar-refractivity contribution in [3.8, 4) is 5.75 Å². The van der Waals surface area contributed by atoms with Crippen LogP contribution in [-0.2, 0) is 0 Å². The summed E-state index contributed by atoms with van der Waals surface area (Å²) in [5.74, 6) is -0.118. The Morgan fingerprint density at radius 1 is 1.53 bits per heavy atom. The molecule has 15 heavy (non-hydrogen) atoms. The Labute approximate surface area is 92.9 Å². The maximum atomic E-state index is 13.5. The molecule has 2 nitrogen and oxygen atoms in total. The van der Waals surface area contributed by atoms with Gasteiger partial charge in [-0.05, 0) is 24.5 Å². The largest absolute Gasteiger partial charge is 0.506 e. The van der Waals surface area contributed by atoms with Crippen LogP contribution >= 0.6 is 11.6 Å². The summed E-state index contributed by atoms with van der Waals surface area (Å²) in [6.45, 7) is 0. The maximum Gasteiger partial charge on any atom is 0.141 e. The fourth-order valence-corrected chi connectivity index (χ4v) is 1.90.